The molecule has 0 aliphatic carbocycles. The second kappa shape index (κ2) is 5.85. The van der Waals surface area contributed by atoms with Crippen molar-refractivity contribution >= 4 is 11.8 Å². The summed E-state index contributed by atoms with van der Waals surface area (Å²) >= 11 is 1.27. The monoisotopic (exact) mass is 236 g/mol. The van der Waals surface area contributed by atoms with Crippen molar-refractivity contribution in [2.45, 2.75) is 25.0 Å². The van der Waals surface area contributed by atoms with Gasteiger partial charge in [0, 0.05) is 31.1 Å². The van der Waals surface area contributed by atoms with E-state index in [1.54, 1.807) is 12.4 Å². The van der Waals surface area contributed by atoms with Crippen LogP contribution in [-0.4, -0.2) is 15.3 Å². The Morgan fingerprint density at radius 3 is 2.80 bits per heavy atom. The lowest BCUT2D eigenvalue weighted by molar-refractivity contribution is 0.373. The van der Waals surface area contributed by atoms with Crippen LogP contribution in [0.1, 0.15) is 13.3 Å². The quantitative estimate of drug-likeness (QED) is 0.728. The molecule has 15 heavy (non-hydrogen) atoms. The highest BCUT2D eigenvalue weighted by atomic mass is 32.2. The lowest BCUT2D eigenvalue weighted by Gasteiger charge is -2.02. The predicted octanol–water partition coefficient (Wildman–Crippen LogP) is 3.46. The van der Waals surface area contributed by atoms with Gasteiger partial charge in [0.15, 0.2) is 11.0 Å². The van der Waals surface area contributed by atoms with Crippen molar-refractivity contribution in [1.82, 2.24) is 9.55 Å². The molecule has 0 bridgehead atoms. The van der Waals surface area contributed by atoms with Gasteiger partial charge in [-0.05, 0) is 6.92 Å². The van der Waals surface area contributed by atoms with Crippen LogP contribution in [0.2, 0.25) is 0 Å². The molecule has 0 aliphatic rings. The molecule has 0 saturated carbocycles. The van der Waals surface area contributed by atoms with Gasteiger partial charge in [0.25, 0.3) is 0 Å². The molecule has 0 unspecified atom stereocenters. The van der Waals surface area contributed by atoms with Crippen molar-refractivity contribution < 1.29 is 13.2 Å². The van der Waals surface area contributed by atoms with E-state index in [1.165, 1.54) is 11.8 Å². The number of hydrogen-bond acceptors (Lipinski definition) is 2. The maximum absolute atomic E-state index is 12.4. The Morgan fingerprint density at radius 2 is 2.20 bits per heavy atom. The van der Waals surface area contributed by atoms with Crippen LogP contribution in [0, 0.1) is 0 Å². The van der Waals surface area contributed by atoms with Crippen LogP contribution in [0.3, 0.4) is 0 Å². The lowest BCUT2D eigenvalue weighted by Crippen LogP contribution is -1.95. The molecule has 1 aromatic rings. The van der Waals surface area contributed by atoms with Crippen molar-refractivity contribution in [1.29, 1.82) is 0 Å². The van der Waals surface area contributed by atoms with Gasteiger partial charge in [-0.15, -0.1) is 0 Å². The molecule has 2 nitrogen and oxygen atoms in total. The van der Waals surface area contributed by atoms with E-state index in [-0.39, 0.29) is 12.2 Å². The van der Waals surface area contributed by atoms with E-state index in [9.17, 15) is 13.2 Å². The van der Waals surface area contributed by atoms with Crippen LogP contribution in [-0.2, 0) is 6.54 Å². The average molecular weight is 236 g/mol. The Labute approximate surface area is 90.2 Å². The molecule has 1 heterocycles. The first kappa shape index (κ1) is 12.2. The number of rotatable bonds is 5. The van der Waals surface area contributed by atoms with Gasteiger partial charge < -0.3 is 4.57 Å². The highest BCUT2D eigenvalue weighted by molar-refractivity contribution is 7.99. The van der Waals surface area contributed by atoms with Crippen LogP contribution < -0.4 is 0 Å². The molecule has 6 heteroatoms. The molecule has 1 aromatic heterocycles. The van der Waals surface area contributed by atoms with Gasteiger partial charge in [0.1, 0.15) is 0 Å². The van der Waals surface area contributed by atoms with Crippen molar-refractivity contribution in [3.63, 3.8) is 0 Å². The summed E-state index contributed by atoms with van der Waals surface area (Å²) in [6.07, 6.45) is 0.941. The first-order chi connectivity index (χ1) is 7.15. The minimum atomic E-state index is -2.23. The van der Waals surface area contributed by atoms with Gasteiger partial charge in [0.05, 0.1) is 0 Å². The Morgan fingerprint density at radius 1 is 1.47 bits per heavy atom. The number of nitrogens with zero attached hydrogens (tertiary/aromatic N) is 2. The van der Waals surface area contributed by atoms with Crippen molar-refractivity contribution in [3.05, 3.63) is 24.3 Å². The summed E-state index contributed by atoms with van der Waals surface area (Å²) in [6.45, 7) is 2.71. The van der Waals surface area contributed by atoms with Gasteiger partial charge in [-0.1, -0.05) is 11.8 Å². The molecule has 0 atom stereocenters. The Balaban J connectivity index is 2.41. The minimum Gasteiger partial charge on any atom is -0.326 e. The van der Waals surface area contributed by atoms with Crippen LogP contribution in [0.5, 0.6) is 0 Å². The largest absolute Gasteiger partial charge is 0.326 e. The summed E-state index contributed by atoms with van der Waals surface area (Å²) in [5.41, 5.74) is 0. The summed E-state index contributed by atoms with van der Waals surface area (Å²) < 4.78 is 37.7. The normalized spacial score (nSPS) is 10.4. The first-order valence-electron chi connectivity index (χ1n) is 4.48. The topological polar surface area (TPSA) is 17.8 Å². The summed E-state index contributed by atoms with van der Waals surface area (Å²) in [4.78, 5) is 4.03. The molecular weight excluding hydrogens is 225 g/mol. The molecule has 0 spiro atoms. The van der Waals surface area contributed by atoms with Crippen LogP contribution in [0.4, 0.5) is 13.2 Å². The lowest BCUT2D eigenvalue weighted by atomic mass is 10.4. The van der Waals surface area contributed by atoms with Crippen LogP contribution in [0.25, 0.3) is 0 Å². The predicted molar refractivity (Wildman–Crippen MR) is 53.6 cm³/mol. The number of thioether (sulfide) groups is 1. The van der Waals surface area contributed by atoms with E-state index < -0.39 is 11.9 Å². The summed E-state index contributed by atoms with van der Waals surface area (Å²) in [7, 11) is 0. The van der Waals surface area contributed by atoms with Gasteiger partial charge in [-0.3, -0.25) is 0 Å². The number of imidazole rings is 1. The van der Waals surface area contributed by atoms with Crippen molar-refractivity contribution in [2.75, 3.05) is 5.75 Å². The third kappa shape index (κ3) is 3.62. The van der Waals surface area contributed by atoms with Crippen molar-refractivity contribution in [3.8, 4) is 0 Å². The summed E-state index contributed by atoms with van der Waals surface area (Å²) in [6, 6.07) is 0. The molecule has 0 aliphatic heterocycles. The number of allylic oxidation sites excluding steroid dienone is 1. The van der Waals surface area contributed by atoms with E-state index in [0.29, 0.717) is 0 Å². The van der Waals surface area contributed by atoms with E-state index in [1.807, 2.05) is 11.5 Å². The van der Waals surface area contributed by atoms with Gasteiger partial charge in [0.2, 0.25) is 0 Å². The number of aryl methyl sites for hydroxylation is 1. The number of halogens is 3. The second-order valence-electron chi connectivity index (χ2n) is 2.76. The third-order valence-electron chi connectivity index (χ3n) is 1.78. The average Bonchev–Trinajstić information content (AvgIpc) is 2.65. The van der Waals surface area contributed by atoms with Gasteiger partial charge in [-0.2, -0.15) is 8.78 Å². The molecule has 84 valence electrons. The SMILES string of the molecule is CCn1ccnc1SCCC(F)=C(F)F. The summed E-state index contributed by atoms with van der Waals surface area (Å²) in [5, 5.41) is 0.726. The first-order valence-corrected chi connectivity index (χ1v) is 5.47. The molecule has 0 radical (unpaired) electrons. The van der Waals surface area contributed by atoms with Gasteiger partial charge >= 0.3 is 6.08 Å². The standard InChI is InChI=1S/C9H11F3N2S/c1-2-14-5-4-13-9(14)15-6-3-7(10)8(11)12/h4-5H,2-3,6H2,1H3. The molecule has 0 fully saturated rings. The zero-order chi connectivity index (χ0) is 11.3. The van der Waals surface area contributed by atoms with Crippen molar-refractivity contribution in [2.24, 2.45) is 0 Å². The van der Waals surface area contributed by atoms with E-state index in [4.69, 9.17) is 0 Å². The highest BCUT2D eigenvalue weighted by Crippen LogP contribution is 2.21. The fourth-order valence-electron chi connectivity index (χ4n) is 1.00. The molecule has 0 saturated heterocycles. The highest BCUT2D eigenvalue weighted by Gasteiger charge is 2.07. The Kier molecular flexibility index (Phi) is 4.74. The molecule has 1 rings (SSSR count). The van der Waals surface area contributed by atoms with Crippen LogP contribution in [0.15, 0.2) is 29.5 Å². The Hall–Kier alpha value is -0.910. The van der Waals surface area contributed by atoms with Gasteiger partial charge in [-0.25, -0.2) is 9.37 Å². The fraction of sp³-hybridized carbons (Fsp3) is 0.444. The fourth-order valence-corrected chi connectivity index (χ4v) is 1.96. The van der Waals surface area contributed by atoms with E-state index in [0.717, 1.165) is 11.7 Å². The van der Waals surface area contributed by atoms with Crippen LogP contribution >= 0.6 is 11.8 Å². The smallest absolute Gasteiger partial charge is 0.301 e. The number of aromatic nitrogens is 2. The zero-order valence-electron chi connectivity index (χ0n) is 8.21. The maximum atomic E-state index is 12.4. The molecule has 0 N–H and O–H groups in total. The summed E-state index contributed by atoms with van der Waals surface area (Å²) in [5.74, 6) is -1.07. The third-order valence-corrected chi connectivity index (χ3v) is 2.78. The van der Waals surface area contributed by atoms with E-state index in [2.05, 4.69) is 4.98 Å². The van der Waals surface area contributed by atoms with E-state index >= 15 is 0 Å². The zero-order valence-corrected chi connectivity index (χ0v) is 9.03. The molecule has 0 amide bonds. The maximum Gasteiger partial charge on any atom is 0.301 e. The second-order valence-corrected chi connectivity index (χ2v) is 3.82. The molecular formula is C9H11F3N2S. The number of hydrogen-bond donors (Lipinski definition) is 0. The minimum absolute atomic E-state index is 0.260. The Bertz CT molecular complexity index is 345. The molecule has 0 aromatic carbocycles.